The summed E-state index contributed by atoms with van der Waals surface area (Å²) >= 11 is 0. The Morgan fingerprint density at radius 3 is 2.67 bits per heavy atom. The van der Waals surface area contributed by atoms with Gasteiger partial charge in [-0.05, 0) is 18.8 Å². The third kappa shape index (κ3) is 5.17. The van der Waals surface area contributed by atoms with Crippen LogP contribution in [0.3, 0.4) is 0 Å². The van der Waals surface area contributed by atoms with Crippen LogP contribution in [0, 0.1) is 5.92 Å². The molecule has 15 heavy (non-hydrogen) atoms. The lowest BCUT2D eigenvalue weighted by Gasteiger charge is -2.32. The Kier molecular flexibility index (Phi) is 8.38. The van der Waals surface area contributed by atoms with Crippen LogP contribution >= 0.6 is 0 Å². The van der Waals surface area contributed by atoms with E-state index >= 15 is 0 Å². The molecule has 0 spiro atoms. The van der Waals surface area contributed by atoms with Gasteiger partial charge >= 0.3 is 0 Å². The number of carbonyl (C=O) groups is 1. The van der Waals surface area contributed by atoms with Gasteiger partial charge in [0, 0.05) is 26.6 Å². The Bertz CT molecular complexity index is 169. The van der Waals surface area contributed by atoms with Gasteiger partial charge in [-0.2, -0.15) is 0 Å². The second-order valence-corrected chi connectivity index (χ2v) is 3.66. The van der Waals surface area contributed by atoms with E-state index in [-0.39, 0.29) is 5.91 Å². The van der Waals surface area contributed by atoms with Gasteiger partial charge in [-0.3, -0.25) is 4.79 Å². The van der Waals surface area contributed by atoms with Crippen molar-refractivity contribution in [2.24, 2.45) is 5.92 Å². The molecule has 1 unspecified atom stereocenters. The zero-order valence-electron chi connectivity index (χ0n) is 10.6. The smallest absolute Gasteiger partial charge is 0.222 e. The van der Waals surface area contributed by atoms with E-state index in [1.165, 1.54) is 6.42 Å². The van der Waals surface area contributed by atoms with Gasteiger partial charge in [-0.25, -0.2) is 0 Å². The number of hydrogen-bond acceptors (Lipinski definition) is 2. The number of likely N-dealkylation sites (tertiary alicyclic amines) is 1. The summed E-state index contributed by atoms with van der Waals surface area (Å²) in [5.41, 5.74) is 0. The molecule has 0 aliphatic carbocycles. The van der Waals surface area contributed by atoms with Crippen molar-refractivity contribution in [3.63, 3.8) is 0 Å². The van der Waals surface area contributed by atoms with E-state index in [0.29, 0.717) is 12.3 Å². The third-order valence-electron chi connectivity index (χ3n) is 2.58. The van der Waals surface area contributed by atoms with Gasteiger partial charge in [0.05, 0.1) is 6.61 Å². The fourth-order valence-electron chi connectivity index (χ4n) is 1.89. The van der Waals surface area contributed by atoms with Gasteiger partial charge in [0.1, 0.15) is 0 Å². The zero-order valence-corrected chi connectivity index (χ0v) is 10.6. The number of carbonyl (C=O) groups excluding carboxylic acids is 1. The van der Waals surface area contributed by atoms with Crippen molar-refractivity contribution in [2.45, 2.75) is 40.0 Å². The Morgan fingerprint density at radius 2 is 2.13 bits per heavy atom. The molecule has 3 heteroatoms. The van der Waals surface area contributed by atoms with E-state index in [1.54, 1.807) is 7.11 Å². The zero-order chi connectivity index (χ0) is 11.7. The molecular weight excluding hydrogens is 190 g/mol. The first-order valence-electron chi connectivity index (χ1n) is 6.04. The summed E-state index contributed by atoms with van der Waals surface area (Å²) in [7, 11) is 1.72. The van der Waals surface area contributed by atoms with Crippen molar-refractivity contribution >= 4 is 5.91 Å². The van der Waals surface area contributed by atoms with Crippen LogP contribution in [0.2, 0.25) is 0 Å². The maximum absolute atomic E-state index is 11.4. The SMILES string of the molecule is CC.CCC(=O)N1CCCC(COC)C1. The molecule has 1 aliphatic rings. The molecule has 0 aromatic rings. The molecule has 1 aliphatic heterocycles. The molecule has 0 bridgehead atoms. The van der Waals surface area contributed by atoms with Crippen LogP contribution in [0.4, 0.5) is 0 Å². The van der Waals surface area contributed by atoms with Crippen LogP contribution in [0.25, 0.3) is 0 Å². The summed E-state index contributed by atoms with van der Waals surface area (Å²) in [6, 6.07) is 0. The van der Waals surface area contributed by atoms with E-state index in [2.05, 4.69) is 0 Å². The fourth-order valence-corrected chi connectivity index (χ4v) is 1.89. The predicted molar refractivity (Wildman–Crippen MR) is 62.8 cm³/mol. The average Bonchev–Trinajstić information content (AvgIpc) is 2.31. The average molecular weight is 215 g/mol. The lowest BCUT2D eigenvalue weighted by Crippen LogP contribution is -2.40. The minimum Gasteiger partial charge on any atom is -0.384 e. The first kappa shape index (κ1) is 14.4. The molecule has 1 fully saturated rings. The quantitative estimate of drug-likeness (QED) is 0.723. The molecule has 0 radical (unpaired) electrons. The normalized spacial score (nSPS) is 20.5. The highest BCUT2D eigenvalue weighted by Crippen LogP contribution is 2.16. The summed E-state index contributed by atoms with van der Waals surface area (Å²) in [4.78, 5) is 13.4. The Balaban J connectivity index is 0.000000921. The van der Waals surface area contributed by atoms with Crippen LogP contribution < -0.4 is 0 Å². The number of amides is 1. The van der Waals surface area contributed by atoms with Crippen LogP contribution in [0.1, 0.15) is 40.0 Å². The molecule has 90 valence electrons. The molecule has 0 N–H and O–H groups in total. The molecule has 0 aromatic heterocycles. The lowest BCUT2D eigenvalue weighted by molar-refractivity contribution is -0.133. The van der Waals surface area contributed by atoms with Crippen molar-refractivity contribution in [1.29, 1.82) is 0 Å². The van der Waals surface area contributed by atoms with E-state index in [1.807, 2.05) is 25.7 Å². The Labute approximate surface area is 93.8 Å². The van der Waals surface area contributed by atoms with Crippen molar-refractivity contribution in [3.8, 4) is 0 Å². The lowest BCUT2D eigenvalue weighted by atomic mass is 9.99. The Morgan fingerprint density at radius 1 is 1.47 bits per heavy atom. The summed E-state index contributed by atoms with van der Waals surface area (Å²) in [6.45, 7) is 8.53. The number of rotatable bonds is 3. The highest BCUT2D eigenvalue weighted by Gasteiger charge is 2.22. The van der Waals surface area contributed by atoms with Crippen molar-refractivity contribution in [3.05, 3.63) is 0 Å². The van der Waals surface area contributed by atoms with E-state index < -0.39 is 0 Å². The van der Waals surface area contributed by atoms with Gasteiger partial charge in [-0.1, -0.05) is 20.8 Å². The van der Waals surface area contributed by atoms with Gasteiger partial charge in [0.25, 0.3) is 0 Å². The first-order chi connectivity index (χ1) is 7.27. The monoisotopic (exact) mass is 215 g/mol. The molecule has 0 saturated carbocycles. The number of piperidine rings is 1. The second kappa shape index (κ2) is 8.72. The molecule has 1 heterocycles. The minimum atomic E-state index is 0.279. The van der Waals surface area contributed by atoms with Crippen molar-refractivity contribution < 1.29 is 9.53 Å². The maximum atomic E-state index is 11.4. The van der Waals surface area contributed by atoms with Gasteiger partial charge < -0.3 is 9.64 Å². The van der Waals surface area contributed by atoms with E-state index in [4.69, 9.17) is 4.74 Å². The topological polar surface area (TPSA) is 29.5 Å². The van der Waals surface area contributed by atoms with E-state index in [9.17, 15) is 4.79 Å². The maximum Gasteiger partial charge on any atom is 0.222 e. The van der Waals surface area contributed by atoms with Gasteiger partial charge in [0.2, 0.25) is 5.91 Å². The summed E-state index contributed by atoms with van der Waals surface area (Å²) < 4.78 is 5.11. The third-order valence-corrected chi connectivity index (χ3v) is 2.58. The minimum absolute atomic E-state index is 0.279. The highest BCUT2D eigenvalue weighted by molar-refractivity contribution is 5.75. The summed E-state index contributed by atoms with van der Waals surface area (Å²) in [5.74, 6) is 0.829. The van der Waals surface area contributed by atoms with Crippen LogP contribution in [-0.2, 0) is 9.53 Å². The Hall–Kier alpha value is -0.570. The molecule has 0 aromatic carbocycles. The van der Waals surface area contributed by atoms with Crippen LogP contribution in [-0.4, -0.2) is 37.6 Å². The highest BCUT2D eigenvalue weighted by atomic mass is 16.5. The molecule has 1 atom stereocenters. The molecule has 1 saturated heterocycles. The molecule has 3 nitrogen and oxygen atoms in total. The van der Waals surface area contributed by atoms with Crippen molar-refractivity contribution in [1.82, 2.24) is 4.90 Å². The molecular formula is C12H25NO2. The molecule has 1 rings (SSSR count). The predicted octanol–water partition coefficient (Wildman–Crippen LogP) is 2.31. The van der Waals surface area contributed by atoms with Crippen molar-refractivity contribution in [2.75, 3.05) is 26.8 Å². The standard InChI is InChI=1S/C10H19NO2.C2H6/c1-3-10(12)11-6-4-5-9(7-11)8-13-2;1-2/h9H,3-8H2,1-2H3;1-2H3. The van der Waals surface area contributed by atoms with Crippen LogP contribution in [0.15, 0.2) is 0 Å². The first-order valence-corrected chi connectivity index (χ1v) is 6.04. The summed E-state index contributed by atoms with van der Waals surface area (Å²) in [5, 5.41) is 0. The fraction of sp³-hybridized carbons (Fsp3) is 0.917. The number of hydrogen-bond donors (Lipinski definition) is 0. The van der Waals surface area contributed by atoms with Gasteiger partial charge in [0.15, 0.2) is 0 Å². The largest absolute Gasteiger partial charge is 0.384 e. The van der Waals surface area contributed by atoms with Crippen LogP contribution in [0.5, 0.6) is 0 Å². The number of nitrogens with zero attached hydrogens (tertiary/aromatic N) is 1. The second-order valence-electron chi connectivity index (χ2n) is 3.66. The number of ether oxygens (including phenoxy) is 1. The molecule has 1 amide bonds. The van der Waals surface area contributed by atoms with Gasteiger partial charge in [-0.15, -0.1) is 0 Å². The number of methoxy groups -OCH3 is 1. The summed E-state index contributed by atoms with van der Waals surface area (Å²) in [6.07, 6.45) is 2.95. The van der Waals surface area contributed by atoms with E-state index in [0.717, 1.165) is 26.1 Å².